The van der Waals surface area contributed by atoms with Crippen molar-refractivity contribution in [2.45, 2.75) is 65.6 Å². The lowest BCUT2D eigenvalue weighted by Gasteiger charge is -2.32. The Bertz CT molecular complexity index is 4290. The lowest BCUT2D eigenvalue weighted by Crippen LogP contribution is -2.41. The highest BCUT2D eigenvalue weighted by atomic mass is 79.9. The Labute approximate surface area is 510 Å². The van der Waals surface area contributed by atoms with Gasteiger partial charge in [0.1, 0.15) is 34.4 Å². The number of aromatic hydroxyl groups is 2. The number of phenols is 2. The van der Waals surface area contributed by atoms with Gasteiger partial charge in [0.2, 0.25) is 31.6 Å². The number of hydrogen-bond acceptors (Lipinski definition) is 13. The largest absolute Gasteiger partial charge is 0.508 e. The van der Waals surface area contributed by atoms with E-state index >= 15 is 13.2 Å². The molecule has 1 aliphatic rings. The van der Waals surface area contributed by atoms with E-state index in [-0.39, 0.29) is 61.4 Å². The average molecular weight is 1320 g/mol. The van der Waals surface area contributed by atoms with Gasteiger partial charge in [0.25, 0.3) is 5.91 Å². The topological polar surface area (TPSA) is 249 Å². The van der Waals surface area contributed by atoms with Crippen LogP contribution in [0.4, 0.5) is 28.9 Å². The second kappa shape index (κ2) is 25.7. The van der Waals surface area contributed by atoms with Crippen molar-refractivity contribution >= 4 is 123 Å². The van der Waals surface area contributed by atoms with Crippen LogP contribution < -0.4 is 14.9 Å². The van der Waals surface area contributed by atoms with E-state index in [0.29, 0.717) is 39.8 Å². The van der Waals surface area contributed by atoms with E-state index in [1.54, 1.807) is 68.6 Å². The summed E-state index contributed by atoms with van der Waals surface area (Å²) in [6, 6.07) is 24.2. The molecule has 0 spiro atoms. The van der Waals surface area contributed by atoms with Crippen LogP contribution in [0, 0.1) is 23.3 Å². The SMILES string of the molecule is CCCS(=O)(=O)Nc1ccc(F)c(C(=O)c2c[nH]c3ncc(-c4ccc(O)cc4)cc23)c1F.CCCS(=O)(=O)Nc1ccc(F)c(C(=O)c2cn(C(=O)c3c(Cl)cccc3Cl)c3ncc(B4OC(C)(C)C(C)(C)O4)cc23)c1F.Oc1ccc(Br)cc1. The summed E-state index contributed by atoms with van der Waals surface area (Å²) < 4.78 is 128. The fourth-order valence-electron chi connectivity index (χ4n) is 8.76. The zero-order valence-corrected chi connectivity index (χ0v) is 51.1. The van der Waals surface area contributed by atoms with Gasteiger partial charge in [0, 0.05) is 56.6 Å². The number of fused-ring (bicyclic) bond motifs is 2. The molecule has 0 aliphatic carbocycles. The predicted octanol–water partition coefficient (Wildman–Crippen LogP) is 12.7. The maximum atomic E-state index is 15.7. The second-order valence-electron chi connectivity index (χ2n) is 20.5. The summed E-state index contributed by atoms with van der Waals surface area (Å²) in [5.41, 5.74) is -2.86. The molecule has 17 nitrogen and oxygen atoms in total. The second-order valence-corrected chi connectivity index (χ2v) is 25.9. The first-order valence-corrected chi connectivity index (χ1v) is 30.9. The molecule has 27 heteroatoms. The van der Waals surface area contributed by atoms with Gasteiger partial charge in [0.15, 0.2) is 11.6 Å². The first kappa shape index (κ1) is 64.4. The molecule has 0 radical (unpaired) electrons. The van der Waals surface area contributed by atoms with Crippen LogP contribution in [0.1, 0.15) is 96.6 Å². The first-order valence-electron chi connectivity index (χ1n) is 26.1. The Kier molecular flexibility index (Phi) is 19.3. The normalized spacial score (nSPS) is 13.6. The molecule has 0 unspecified atom stereocenters. The third-order valence-electron chi connectivity index (χ3n) is 13.7. The van der Waals surface area contributed by atoms with Gasteiger partial charge >= 0.3 is 7.12 Å². The van der Waals surface area contributed by atoms with Crippen LogP contribution >= 0.6 is 39.1 Å². The summed E-state index contributed by atoms with van der Waals surface area (Å²) in [5, 5.41) is 18.6. The van der Waals surface area contributed by atoms with Crippen molar-refractivity contribution in [2.75, 3.05) is 20.9 Å². The number of sulfonamides is 2. The highest BCUT2D eigenvalue weighted by Crippen LogP contribution is 2.38. The third kappa shape index (κ3) is 13.9. The Balaban J connectivity index is 0.000000204. The van der Waals surface area contributed by atoms with Gasteiger partial charge in [-0.2, -0.15) is 0 Å². The Morgan fingerprint density at radius 2 is 1.16 bits per heavy atom. The number of carbonyl (C=O) groups is 3. The van der Waals surface area contributed by atoms with E-state index in [1.165, 1.54) is 42.7 Å². The third-order valence-corrected chi connectivity index (χ3v) is 17.9. The Morgan fingerprint density at radius 1 is 0.663 bits per heavy atom. The zero-order chi connectivity index (χ0) is 62.8. The summed E-state index contributed by atoms with van der Waals surface area (Å²) in [6.45, 7) is 10.7. The van der Waals surface area contributed by atoms with Crippen molar-refractivity contribution in [3.8, 4) is 22.6 Å². The van der Waals surface area contributed by atoms with Crippen molar-refractivity contribution in [3.05, 3.63) is 194 Å². The molecule has 0 saturated carbocycles. The molecule has 0 atom stereocenters. The molecule has 5 aromatic carbocycles. The predicted molar refractivity (Wildman–Crippen MR) is 326 cm³/mol. The number of hydrogen-bond donors (Lipinski definition) is 5. The lowest BCUT2D eigenvalue weighted by atomic mass is 9.79. The van der Waals surface area contributed by atoms with Gasteiger partial charge in [-0.25, -0.2) is 44.4 Å². The van der Waals surface area contributed by atoms with Crippen LogP contribution in [-0.4, -0.2) is 93.9 Å². The lowest BCUT2D eigenvalue weighted by molar-refractivity contribution is 0.00578. The molecule has 1 saturated heterocycles. The van der Waals surface area contributed by atoms with Crippen molar-refractivity contribution < 1.29 is 68.3 Å². The highest BCUT2D eigenvalue weighted by molar-refractivity contribution is 9.10. The molecule has 86 heavy (non-hydrogen) atoms. The number of pyridine rings is 2. The van der Waals surface area contributed by atoms with Crippen LogP contribution in [0.3, 0.4) is 0 Å². The molecule has 5 N–H and O–H groups in total. The number of carbonyl (C=O) groups excluding carboxylic acids is 3. The van der Waals surface area contributed by atoms with Crippen molar-refractivity contribution in [1.82, 2.24) is 19.5 Å². The number of nitrogens with one attached hydrogen (secondary N) is 3. The average Bonchev–Trinajstić information content (AvgIpc) is 1.61. The number of rotatable bonds is 15. The minimum atomic E-state index is -3.98. The Hall–Kier alpha value is -7.65. The molecule has 9 aromatic rings. The maximum Gasteiger partial charge on any atom is 0.496 e. The van der Waals surface area contributed by atoms with E-state index < -0.39 is 102 Å². The summed E-state index contributed by atoms with van der Waals surface area (Å²) in [4.78, 5) is 52.4. The minimum Gasteiger partial charge on any atom is -0.508 e. The van der Waals surface area contributed by atoms with Gasteiger partial charge in [-0.1, -0.05) is 71.2 Å². The van der Waals surface area contributed by atoms with Crippen LogP contribution in [0.15, 0.2) is 132 Å². The summed E-state index contributed by atoms with van der Waals surface area (Å²) in [7, 11) is -8.75. The number of aromatic nitrogens is 4. The fourth-order valence-corrected chi connectivity index (χ4v) is 11.8. The maximum absolute atomic E-state index is 15.7. The Morgan fingerprint density at radius 3 is 1.66 bits per heavy atom. The molecule has 1 fully saturated rings. The van der Waals surface area contributed by atoms with E-state index in [9.17, 15) is 40.7 Å². The number of anilines is 2. The number of nitrogens with zero attached hydrogens (tertiary/aromatic N) is 3. The molecule has 10 rings (SSSR count). The molecular formula is C59H52BBrCl2F4N6O11S2. The summed E-state index contributed by atoms with van der Waals surface area (Å²) in [5.74, 6) is -8.14. The van der Waals surface area contributed by atoms with Crippen molar-refractivity contribution in [2.24, 2.45) is 0 Å². The van der Waals surface area contributed by atoms with E-state index in [0.717, 1.165) is 39.5 Å². The van der Waals surface area contributed by atoms with Gasteiger partial charge in [-0.05, 0) is 131 Å². The van der Waals surface area contributed by atoms with E-state index in [2.05, 4.69) is 40.3 Å². The van der Waals surface area contributed by atoms with Crippen molar-refractivity contribution in [3.63, 3.8) is 0 Å². The van der Waals surface area contributed by atoms with Crippen molar-refractivity contribution in [1.29, 1.82) is 0 Å². The minimum absolute atomic E-state index is 0.0236. The molecule has 5 heterocycles. The number of benzene rings is 5. The number of halogens is 7. The monoisotopic (exact) mass is 1320 g/mol. The summed E-state index contributed by atoms with van der Waals surface area (Å²) in [6.07, 6.45) is 5.89. The number of ketones is 2. The van der Waals surface area contributed by atoms with Crippen LogP contribution in [0.25, 0.3) is 33.2 Å². The number of aromatic amines is 1. The number of phenolic OH excluding ortho intramolecular Hbond substituents is 2. The van der Waals surface area contributed by atoms with Gasteiger partial charge < -0.3 is 24.5 Å². The van der Waals surface area contributed by atoms with Crippen LogP contribution in [0.5, 0.6) is 11.5 Å². The van der Waals surface area contributed by atoms with Gasteiger partial charge in [-0.15, -0.1) is 0 Å². The molecule has 1 aliphatic heterocycles. The fraction of sp³-hybridized carbons (Fsp3) is 0.203. The highest BCUT2D eigenvalue weighted by Gasteiger charge is 2.52. The number of H-pyrrole nitrogens is 1. The summed E-state index contributed by atoms with van der Waals surface area (Å²) >= 11 is 15.8. The van der Waals surface area contributed by atoms with Crippen LogP contribution in [0.2, 0.25) is 10.0 Å². The quantitative estimate of drug-likeness (QED) is 0.0364. The molecule has 0 bridgehead atoms. The molecule has 0 amide bonds. The van der Waals surface area contributed by atoms with Gasteiger partial charge in [0.05, 0.1) is 66.4 Å². The standard InChI is InChI=1S/C30H28BCl2F2N3O6S.C23H19F2N3O4S.C6H5BrO/c1-6-12-45(41,42)37-22-11-10-21(34)24(25(22)35)26(39)18-15-38(28(40)23-19(32)8-7-9-20(23)33)27-17(18)13-16(14-36-27)31-43-29(2,3)30(4,5)44-31;1-2-9-33(31,32)28-19-8-7-18(24)20(21(19)25)22(30)17-12-27-23-16(17)10-14(11-26-23)13-3-5-15(29)6-4-13;7-5-1-3-6(8)4-2-5/h7-11,13-15,37H,6,12H2,1-5H3;3-8,10-12,28-29H,2,9H2,1H3,(H,26,27);1-4,8H. The molecule has 448 valence electrons. The van der Waals surface area contributed by atoms with E-state index in [4.69, 9.17) is 37.6 Å². The smallest absolute Gasteiger partial charge is 0.496 e. The van der Waals surface area contributed by atoms with E-state index in [1.807, 2.05) is 27.7 Å². The van der Waals surface area contributed by atoms with Crippen LogP contribution in [-0.2, 0) is 29.4 Å². The first-order chi connectivity index (χ1) is 40.5. The zero-order valence-electron chi connectivity index (χ0n) is 46.4. The van der Waals surface area contributed by atoms with Gasteiger partial charge in [-0.3, -0.25) is 28.4 Å². The molecule has 4 aromatic heterocycles. The molecular weight excluding hydrogens is 1270 g/mol.